The number of oxazole rings is 1. The van der Waals surface area contributed by atoms with Crippen molar-refractivity contribution in [2.24, 2.45) is 5.92 Å². The van der Waals surface area contributed by atoms with Crippen LogP contribution in [0.15, 0.2) is 4.42 Å². The Morgan fingerprint density at radius 1 is 1.25 bits per heavy atom. The van der Waals surface area contributed by atoms with E-state index in [1.54, 1.807) is 13.8 Å². The number of carboxylic acid groups (broad SMARTS) is 1. The zero-order chi connectivity index (χ0) is 20.7. The third-order valence-electron chi connectivity index (χ3n) is 5.33. The van der Waals surface area contributed by atoms with Crippen molar-refractivity contribution in [3.05, 3.63) is 17.3 Å². The number of amides is 1. The molecule has 9 heteroatoms. The van der Waals surface area contributed by atoms with Crippen LogP contribution in [-0.2, 0) is 4.79 Å². The predicted octanol–water partition coefficient (Wildman–Crippen LogP) is 2.97. The first-order valence-corrected chi connectivity index (χ1v) is 9.67. The van der Waals surface area contributed by atoms with E-state index in [2.05, 4.69) is 9.88 Å². The van der Waals surface area contributed by atoms with Gasteiger partial charge in [0.2, 0.25) is 11.7 Å². The number of aromatic nitrogens is 1. The molecule has 0 atom stereocenters. The van der Waals surface area contributed by atoms with Gasteiger partial charge >= 0.3 is 0 Å². The van der Waals surface area contributed by atoms with Crippen LogP contribution in [0.4, 0.5) is 8.78 Å². The van der Waals surface area contributed by atoms with E-state index >= 15 is 0 Å². The predicted molar refractivity (Wildman–Crippen MR) is 98.5 cm³/mol. The van der Waals surface area contributed by atoms with Gasteiger partial charge in [0, 0.05) is 45.9 Å². The summed E-state index contributed by atoms with van der Waals surface area (Å²) < 4.78 is 32.0. The van der Waals surface area contributed by atoms with E-state index in [9.17, 15) is 13.6 Å². The zero-order valence-corrected chi connectivity index (χ0v) is 16.5. The van der Waals surface area contributed by atoms with Crippen LogP contribution in [0, 0.1) is 19.8 Å². The normalized spacial score (nSPS) is 20.8. The summed E-state index contributed by atoms with van der Waals surface area (Å²) in [5.74, 6) is -1.38. The van der Waals surface area contributed by atoms with Crippen molar-refractivity contribution in [1.82, 2.24) is 14.8 Å². The van der Waals surface area contributed by atoms with Gasteiger partial charge in [-0.05, 0) is 38.6 Å². The number of nitrogens with zero attached hydrogens (tertiary/aromatic N) is 3. The summed E-state index contributed by atoms with van der Waals surface area (Å²) in [7, 11) is 0. The lowest BCUT2D eigenvalue weighted by atomic mass is 9.86. The van der Waals surface area contributed by atoms with Crippen LogP contribution in [0.3, 0.4) is 0 Å². The maximum Gasteiger partial charge on any atom is 0.291 e. The summed E-state index contributed by atoms with van der Waals surface area (Å²) in [6, 6.07) is 0. The summed E-state index contributed by atoms with van der Waals surface area (Å²) in [6.07, 6.45) is 2.12. The third-order valence-corrected chi connectivity index (χ3v) is 5.33. The van der Waals surface area contributed by atoms with Gasteiger partial charge < -0.3 is 19.3 Å². The Bertz CT molecular complexity index is 656. The minimum Gasteiger partial charge on any atom is -0.483 e. The molecule has 2 aliphatic rings. The monoisotopic (exact) mass is 401 g/mol. The number of hydrogen-bond donors (Lipinski definition) is 1. The van der Waals surface area contributed by atoms with Gasteiger partial charge in [0.05, 0.1) is 5.69 Å². The average molecular weight is 401 g/mol. The highest BCUT2D eigenvalue weighted by Gasteiger charge is 2.35. The van der Waals surface area contributed by atoms with Gasteiger partial charge in [-0.3, -0.25) is 9.59 Å². The Morgan fingerprint density at radius 2 is 1.89 bits per heavy atom. The molecule has 1 aliphatic carbocycles. The lowest BCUT2D eigenvalue weighted by Gasteiger charge is -2.32. The van der Waals surface area contributed by atoms with Gasteiger partial charge in [0.15, 0.2) is 5.89 Å². The number of alkyl halides is 2. The first-order chi connectivity index (χ1) is 13.3. The van der Waals surface area contributed by atoms with Crippen molar-refractivity contribution in [1.29, 1.82) is 0 Å². The summed E-state index contributed by atoms with van der Waals surface area (Å²) in [6.45, 7) is 7.15. The Hall–Kier alpha value is -2.03. The van der Waals surface area contributed by atoms with Crippen molar-refractivity contribution in [2.45, 2.75) is 51.9 Å². The number of halogens is 2. The summed E-state index contributed by atoms with van der Waals surface area (Å²) >= 11 is 0. The molecule has 0 aromatic carbocycles. The van der Waals surface area contributed by atoms with Crippen molar-refractivity contribution in [3.8, 4) is 0 Å². The molecule has 7 nitrogen and oxygen atoms in total. The molecule has 1 amide bonds. The fourth-order valence-electron chi connectivity index (χ4n) is 3.88. The van der Waals surface area contributed by atoms with Gasteiger partial charge in [-0.2, -0.15) is 0 Å². The van der Waals surface area contributed by atoms with E-state index in [1.807, 2.05) is 4.90 Å². The smallest absolute Gasteiger partial charge is 0.291 e. The molecule has 0 bridgehead atoms. The first-order valence-electron chi connectivity index (χ1n) is 9.67. The molecule has 1 aromatic rings. The second-order valence-electron chi connectivity index (χ2n) is 7.50. The standard InChI is InChI=1S/C18H27F2N3O2.CH2O2/c1-13-16(25-14(2)21-13)17(24)23-9-3-8-22(10-11-23)12-15-4-6-18(19,20)7-5-15;2-1-3/h15H,3-12H2,1-2H3;1H,(H,2,3). The molecule has 1 N–H and O–H groups in total. The summed E-state index contributed by atoms with van der Waals surface area (Å²) in [4.78, 5) is 29.3. The molecule has 2 heterocycles. The minimum atomic E-state index is -2.47. The van der Waals surface area contributed by atoms with Crippen LogP contribution in [0.25, 0.3) is 0 Å². The molecule has 0 spiro atoms. The second-order valence-corrected chi connectivity index (χ2v) is 7.50. The van der Waals surface area contributed by atoms with Crippen molar-refractivity contribution in [3.63, 3.8) is 0 Å². The third kappa shape index (κ3) is 6.25. The van der Waals surface area contributed by atoms with E-state index in [4.69, 9.17) is 14.3 Å². The molecule has 1 aliphatic heterocycles. The van der Waals surface area contributed by atoms with Crippen molar-refractivity contribution in [2.75, 3.05) is 32.7 Å². The van der Waals surface area contributed by atoms with Gasteiger partial charge in [0.25, 0.3) is 12.4 Å². The first kappa shape index (κ1) is 22.3. The average Bonchev–Trinajstić information content (AvgIpc) is 2.82. The minimum absolute atomic E-state index is 0.0141. The number of aryl methyl sites for hydroxylation is 2. The highest BCUT2D eigenvalue weighted by molar-refractivity contribution is 5.92. The second kappa shape index (κ2) is 9.95. The number of rotatable bonds is 3. The van der Waals surface area contributed by atoms with Crippen LogP contribution in [0.5, 0.6) is 0 Å². The molecule has 3 rings (SSSR count). The van der Waals surface area contributed by atoms with E-state index in [0.29, 0.717) is 49.2 Å². The summed E-state index contributed by atoms with van der Waals surface area (Å²) in [5.41, 5.74) is 0.631. The topological polar surface area (TPSA) is 86.9 Å². The SMILES string of the molecule is Cc1nc(C)c(C(=O)N2CCCN(CC3CCC(F)(F)CC3)CC2)o1.O=CO. The Kier molecular flexibility index (Phi) is 7.91. The number of carbonyl (C=O) groups excluding carboxylic acids is 1. The maximum absolute atomic E-state index is 13.3. The van der Waals surface area contributed by atoms with E-state index in [0.717, 1.165) is 26.1 Å². The fraction of sp³-hybridized carbons (Fsp3) is 0.737. The molecule has 1 saturated carbocycles. The van der Waals surface area contributed by atoms with Crippen molar-refractivity contribution < 1.29 is 27.9 Å². The summed E-state index contributed by atoms with van der Waals surface area (Å²) in [5, 5.41) is 6.89. The molecule has 28 heavy (non-hydrogen) atoms. The molecular formula is C19H29F2N3O4. The van der Waals surface area contributed by atoms with Gasteiger partial charge in [0.1, 0.15) is 0 Å². The van der Waals surface area contributed by atoms with Gasteiger partial charge in [-0.15, -0.1) is 0 Å². The Balaban J connectivity index is 0.000000878. The Labute approximate surface area is 163 Å². The van der Waals surface area contributed by atoms with E-state index < -0.39 is 5.92 Å². The van der Waals surface area contributed by atoms with Crippen LogP contribution in [-0.4, -0.2) is 70.9 Å². The number of carbonyl (C=O) groups is 2. The molecule has 1 aromatic heterocycles. The van der Waals surface area contributed by atoms with Crippen molar-refractivity contribution >= 4 is 12.4 Å². The lowest BCUT2D eigenvalue weighted by molar-refractivity contribution is -0.122. The molecular weight excluding hydrogens is 372 g/mol. The van der Waals surface area contributed by atoms with E-state index in [-0.39, 0.29) is 25.2 Å². The Morgan fingerprint density at radius 3 is 2.46 bits per heavy atom. The van der Waals surface area contributed by atoms with Crippen LogP contribution in [0.1, 0.15) is 54.2 Å². The quantitative estimate of drug-likeness (QED) is 0.784. The highest BCUT2D eigenvalue weighted by Crippen LogP contribution is 2.36. The van der Waals surface area contributed by atoms with E-state index in [1.165, 1.54) is 0 Å². The molecule has 1 saturated heterocycles. The molecule has 158 valence electrons. The zero-order valence-electron chi connectivity index (χ0n) is 16.5. The fourth-order valence-corrected chi connectivity index (χ4v) is 3.88. The van der Waals surface area contributed by atoms with Crippen LogP contribution in [0.2, 0.25) is 0 Å². The van der Waals surface area contributed by atoms with Gasteiger partial charge in [-0.1, -0.05) is 0 Å². The molecule has 2 fully saturated rings. The van der Waals surface area contributed by atoms with Crippen LogP contribution < -0.4 is 0 Å². The number of hydrogen-bond acceptors (Lipinski definition) is 5. The van der Waals surface area contributed by atoms with Gasteiger partial charge in [-0.25, -0.2) is 13.8 Å². The van der Waals surface area contributed by atoms with Crippen LogP contribution >= 0.6 is 0 Å². The maximum atomic E-state index is 13.3. The molecule has 0 radical (unpaired) electrons. The highest BCUT2D eigenvalue weighted by atomic mass is 19.3. The lowest BCUT2D eigenvalue weighted by Crippen LogP contribution is -2.38. The molecule has 0 unspecified atom stereocenters. The largest absolute Gasteiger partial charge is 0.483 e.